The van der Waals surface area contributed by atoms with Gasteiger partial charge in [-0.05, 0) is 57.5 Å². The predicted octanol–water partition coefficient (Wildman–Crippen LogP) is 1.87. The fraction of sp³-hybridized carbons (Fsp3) is 0.444. The van der Waals surface area contributed by atoms with E-state index in [9.17, 15) is 31.2 Å². The van der Waals surface area contributed by atoms with Crippen LogP contribution in [0.4, 0.5) is 4.79 Å². The maximum absolute atomic E-state index is 13.4. The number of amides is 2. The topological polar surface area (TPSA) is 156 Å². The van der Waals surface area contributed by atoms with E-state index < -0.39 is 67.1 Å². The molecular weight excluding hydrogens is 574 g/mol. The van der Waals surface area contributed by atoms with Crippen LogP contribution in [0, 0.1) is 6.92 Å². The van der Waals surface area contributed by atoms with Crippen molar-refractivity contribution in [2.45, 2.75) is 56.7 Å². The van der Waals surface area contributed by atoms with Crippen molar-refractivity contribution in [3.63, 3.8) is 0 Å². The molecule has 0 saturated carbocycles. The Morgan fingerprint density at radius 1 is 1.05 bits per heavy atom. The van der Waals surface area contributed by atoms with Gasteiger partial charge in [-0.15, -0.1) is 0 Å². The van der Waals surface area contributed by atoms with Crippen molar-refractivity contribution < 1.29 is 40.7 Å². The lowest BCUT2D eigenvalue weighted by molar-refractivity contribution is -0.158. The number of benzene rings is 2. The third kappa shape index (κ3) is 8.50. The Bertz CT molecular complexity index is 1500. The standard InChI is InChI=1S/C27H35N3O9S2/c1-18-7-13-21(14-8-18)41(36,37)30-17-40(34,35)16-23(30)24(31)28-22(25(32)39-27(2,3)4)15-19-9-11-20(12-10-19)38-26(33)29(5)6/h7-14,22-23H,15-17H2,1-6H3,(H,28,31)/t22-,23-/m0/s1. The van der Waals surface area contributed by atoms with Gasteiger partial charge in [0.2, 0.25) is 15.9 Å². The minimum Gasteiger partial charge on any atom is -0.458 e. The van der Waals surface area contributed by atoms with Crippen LogP contribution in [0.5, 0.6) is 5.75 Å². The highest BCUT2D eigenvalue weighted by atomic mass is 32.2. The van der Waals surface area contributed by atoms with Crippen LogP contribution >= 0.6 is 0 Å². The van der Waals surface area contributed by atoms with Gasteiger partial charge in [-0.3, -0.25) is 4.79 Å². The molecule has 0 bridgehead atoms. The Labute approximate surface area is 240 Å². The largest absolute Gasteiger partial charge is 0.458 e. The van der Waals surface area contributed by atoms with Crippen molar-refractivity contribution in [1.29, 1.82) is 0 Å². The van der Waals surface area contributed by atoms with Crippen LogP contribution in [-0.2, 0) is 40.6 Å². The summed E-state index contributed by atoms with van der Waals surface area (Å²) in [5, 5.41) is 2.52. The number of ether oxygens (including phenoxy) is 2. The third-order valence-electron chi connectivity index (χ3n) is 5.95. The second-order valence-electron chi connectivity index (χ2n) is 11.0. The Morgan fingerprint density at radius 2 is 1.63 bits per heavy atom. The smallest absolute Gasteiger partial charge is 0.414 e. The van der Waals surface area contributed by atoms with E-state index in [0.717, 1.165) is 5.56 Å². The molecule has 0 radical (unpaired) electrons. The average Bonchev–Trinajstić information content (AvgIpc) is 3.20. The fourth-order valence-corrected chi connectivity index (χ4v) is 7.78. The number of sulfone groups is 1. The monoisotopic (exact) mass is 609 g/mol. The van der Waals surface area contributed by atoms with Crippen LogP contribution in [0.3, 0.4) is 0 Å². The minimum atomic E-state index is -4.35. The molecule has 0 aromatic heterocycles. The van der Waals surface area contributed by atoms with Crippen LogP contribution < -0.4 is 10.1 Å². The fourth-order valence-electron chi connectivity index (χ4n) is 3.90. The average molecular weight is 610 g/mol. The molecule has 2 aromatic rings. The summed E-state index contributed by atoms with van der Waals surface area (Å²) < 4.78 is 63.0. The lowest BCUT2D eigenvalue weighted by Gasteiger charge is -2.27. The molecule has 1 aliphatic rings. The molecule has 0 aliphatic carbocycles. The molecule has 1 heterocycles. The molecule has 41 heavy (non-hydrogen) atoms. The van der Waals surface area contributed by atoms with Gasteiger partial charge in [0.05, 0.1) is 10.6 Å². The molecule has 2 amide bonds. The number of esters is 1. The number of hydrogen-bond acceptors (Lipinski definition) is 9. The molecule has 2 atom stereocenters. The van der Waals surface area contributed by atoms with Crippen molar-refractivity contribution in [2.24, 2.45) is 0 Å². The highest BCUT2D eigenvalue weighted by molar-refractivity contribution is 7.94. The first-order valence-electron chi connectivity index (χ1n) is 12.7. The SMILES string of the molecule is Cc1ccc(S(=O)(=O)N2CS(=O)(=O)C[C@H]2C(=O)N[C@@H](Cc2ccc(OC(=O)N(C)C)cc2)C(=O)OC(C)(C)C)cc1. The highest BCUT2D eigenvalue weighted by Gasteiger charge is 2.47. The lowest BCUT2D eigenvalue weighted by Crippen LogP contribution is -2.53. The van der Waals surface area contributed by atoms with E-state index in [1.165, 1.54) is 43.3 Å². The molecule has 1 N–H and O–H groups in total. The summed E-state index contributed by atoms with van der Waals surface area (Å²) in [5.74, 6) is -3.09. The normalized spacial score (nSPS) is 17.9. The highest BCUT2D eigenvalue weighted by Crippen LogP contribution is 2.26. The summed E-state index contributed by atoms with van der Waals surface area (Å²) in [6.07, 6.45) is -0.638. The number of nitrogens with one attached hydrogen (secondary N) is 1. The first-order valence-corrected chi connectivity index (χ1v) is 15.9. The van der Waals surface area contributed by atoms with E-state index >= 15 is 0 Å². The lowest BCUT2D eigenvalue weighted by atomic mass is 10.0. The zero-order chi connectivity index (χ0) is 30.8. The summed E-state index contributed by atoms with van der Waals surface area (Å²) in [6, 6.07) is 9.17. The number of sulfonamides is 1. The van der Waals surface area contributed by atoms with Gasteiger partial charge in [0.25, 0.3) is 0 Å². The molecule has 1 aliphatic heterocycles. The van der Waals surface area contributed by atoms with Gasteiger partial charge in [0.1, 0.15) is 29.3 Å². The summed E-state index contributed by atoms with van der Waals surface area (Å²) in [5.41, 5.74) is 0.465. The molecule has 14 heteroatoms. The van der Waals surface area contributed by atoms with E-state index in [1.54, 1.807) is 52.0 Å². The predicted molar refractivity (Wildman–Crippen MR) is 150 cm³/mol. The van der Waals surface area contributed by atoms with Crippen LogP contribution in [0.15, 0.2) is 53.4 Å². The molecule has 224 valence electrons. The van der Waals surface area contributed by atoms with Crippen molar-refractivity contribution in [2.75, 3.05) is 25.7 Å². The Morgan fingerprint density at radius 3 is 2.17 bits per heavy atom. The van der Waals surface area contributed by atoms with Gasteiger partial charge in [-0.25, -0.2) is 26.4 Å². The van der Waals surface area contributed by atoms with E-state index in [2.05, 4.69) is 5.32 Å². The molecule has 2 aromatic carbocycles. The number of hydrogen-bond donors (Lipinski definition) is 1. The second-order valence-corrected chi connectivity index (χ2v) is 14.9. The van der Waals surface area contributed by atoms with Crippen LogP contribution in [-0.4, -0.2) is 87.4 Å². The quantitative estimate of drug-likeness (QED) is 0.441. The number of carbonyl (C=O) groups excluding carboxylic acids is 3. The number of carbonyl (C=O) groups is 3. The molecule has 12 nitrogen and oxygen atoms in total. The van der Waals surface area contributed by atoms with Crippen molar-refractivity contribution in [1.82, 2.24) is 14.5 Å². The third-order valence-corrected chi connectivity index (χ3v) is 9.48. The van der Waals surface area contributed by atoms with Gasteiger partial charge in [0.15, 0.2) is 9.84 Å². The summed E-state index contributed by atoms with van der Waals surface area (Å²) in [7, 11) is -5.21. The van der Waals surface area contributed by atoms with E-state index in [0.29, 0.717) is 9.87 Å². The number of nitrogens with zero attached hydrogens (tertiary/aromatic N) is 2. The zero-order valence-corrected chi connectivity index (χ0v) is 25.4. The van der Waals surface area contributed by atoms with Crippen molar-refractivity contribution >= 4 is 37.8 Å². The van der Waals surface area contributed by atoms with Gasteiger partial charge in [-0.1, -0.05) is 29.8 Å². The molecule has 1 fully saturated rings. The maximum Gasteiger partial charge on any atom is 0.414 e. The summed E-state index contributed by atoms with van der Waals surface area (Å²) in [6.45, 7) is 6.72. The van der Waals surface area contributed by atoms with Crippen LogP contribution in [0.25, 0.3) is 0 Å². The van der Waals surface area contributed by atoms with Crippen molar-refractivity contribution in [3.05, 3.63) is 59.7 Å². The Balaban J connectivity index is 1.87. The van der Waals surface area contributed by atoms with Crippen molar-refractivity contribution in [3.8, 4) is 5.75 Å². The Kier molecular flexibility index (Phi) is 9.51. The molecule has 0 spiro atoms. The van der Waals surface area contributed by atoms with E-state index in [-0.39, 0.29) is 17.1 Å². The zero-order valence-electron chi connectivity index (χ0n) is 23.8. The first kappa shape index (κ1) is 32.0. The van der Waals surface area contributed by atoms with Gasteiger partial charge >= 0.3 is 12.1 Å². The van der Waals surface area contributed by atoms with Gasteiger partial charge < -0.3 is 19.7 Å². The molecule has 0 unspecified atom stereocenters. The minimum absolute atomic E-state index is 0.0628. The van der Waals surface area contributed by atoms with E-state index in [4.69, 9.17) is 9.47 Å². The van der Waals surface area contributed by atoms with Crippen LogP contribution in [0.2, 0.25) is 0 Å². The maximum atomic E-state index is 13.4. The molecule has 3 rings (SSSR count). The number of rotatable bonds is 8. The summed E-state index contributed by atoms with van der Waals surface area (Å²) >= 11 is 0. The van der Waals surface area contributed by atoms with Crippen LogP contribution in [0.1, 0.15) is 31.9 Å². The molecule has 1 saturated heterocycles. The first-order chi connectivity index (χ1) is 18.9. The van der Waals surface area contributed by atoms with Gasteiger partial charge in [0, 0.05) is 20.5 Å². The molecular formula is C27H35N3O9S2. The summed E-state index contributed by atoms with van der Waals surface area (Å²) in [4.78, 5) is 39.4. The van der Waals surface area contributed by atoms with Gasteiger partial charge in [-0.2, -0.15) is 4.31 Å². The number of aryl methyl sites for hydroxylation is 1. The Hall–Kier alpha value is -3.49. The second kappa shape index (κ2) is 12.2. The van der Waals surface area contributed by atoms with E-state index in [1.807, 2.05) is 0 Å².